The number of hydrogen-bond acceptors (Lipinski definition) is 5. The predicted molar refractivity (Wildman–Crippen MR) is 105 cm³/mol. The van der Waals surface area contributed by atoms with Crippen LogP contribution in [0, 0.1) is 12.3 Å². The Morgan fingerprint density at radius 3 is 2.46 bits per heavy atom. The number of piperidine rings is 1. The first kappa shape index (κ1) is 19.7. The number of carbonyl (C=O) groups excluding carboxylic acids is 1. The molecule has 0 saturated carbocycles. The molecule has 1 amide bonds. The van der Waals surface area contributed by atoms with Gasteiger partial charge in [0, 0.05) is 37.9 Å². The minimum absolute atomic E-state index is 0.230. The van der Waals surface area contributed by atoms with Crippen LogP contribution in [0.25, 0.3) is 11.2 Å². The van der Waals surface area contributed by atoms with Gasteiger partial charge in [0.05, 0.1) is 5.52 Å². The Balaban J connectivity index is 1.94. The van der Waals surface area contributed by atoms with Gasteiger partial charge in [0.15, 0.2) is 5.65 Å². The topological polar surface area (TPSA) is 86.4 Å². The number of amides is 1. The minimum Gasteiger partial charge on any atom is -0.444 e. The van der Waals surface area contributed by atoms with Crippen LogP contribution in [0.2, 0.25) is 0 Å². The molecule has 3 heterocycles. The Bertz CT molecular complexity index is 1080. The van der Waals surface area contributed by atoms with Crippen molar-refractivity contribution >= 4 is 17.3 Å². The molecule has 0 unspecified atom stereocenters. The maximum Gasteiger partial charge on any atom is 0.410 e. The second-order valence-corrected chi connectivity index (χ2v) is 7.95. The van der Waals surface area contributed by atoms with Gasteiger partial charge in [-0.2, -0.15) is 0 Å². The van der Waals surface area contributed by atoms with E-state index in [9.17, 15) is 14.4 Å². The number of rotatable bonds is 1. The summed E-state index contributed by atoms with van der Waals surface area (Å²) < 4.78 is 8.13. The highest BCUT2D eigenvalue weighted by Crippen LogP contribution is 2.25. The van der Waals surface area contributed by atoms with Gasteiger partial charge in [-0.3, -0.25) is 14.2 Å². The zero-order valence-corrected chi connectivity index (χ0v) is 16.6. The molecule has 0 aliphatic carbocycles. The van der Waals surface area contributed by atoms with Crippen LogP contribution in [0.3, 0.4) is 0 Å². The summed E-state index contributed by atoms with van der Waals surface area (Å²) in [7, 11) is 1.53. The highest BCUT2D eigenvalue weighted by Gasteiger charge is 2.29. The molecule has 0 aromatic carbocycles. The lowest BCUT2D eigenvalue weighted by Gasteiger charge is -2.34. The molecule has 1 aliphatic heterocycles. The highest BCUT2D eigenvalue weighted by molar-refractivity contribution is 5.72. The van der Waals surface area contributed by atoms with Crippen LogP contribution >= 0.6 is 0 Å². The number of terminal acetylenes is 1. The Hall–Kier alpha value is -3.08. The van der Waals surface area contributed by atoms with Gasteiger partial charge in [-0.25, -0.2) is 9.78 Å². The number of fused-ring (bicyclic) bond motifs is 1. The average molecular weight is 384 g/mol. The van der Waals surface area contributed by atoms with Crippen LogP contribution in [-0.4, -0.2) is 43.8 Å². The molecule has 0 bridgehead atoms. The number of nitrogens with zero attached hydrogens (tertiary/aromatic N) is 4. The van der Waals surface area contributed by atoms with E-state index in [1.54, 1.807) is 11.0 Å². The summed E-state index contributed by atoms with van der Waals surface area (Å²) in [6, 6.07) is 1.45. The molecule has 0 spiro atoms. The Kier molecular flexibility index (Phi) is 5.02. The third-order valence-corrected chi connectivity index (χ3v) is 4.79. The molecule has 148 valence electrons. The van der Waals surface area contributed by atoms with Gasteiger partial charge in [-0.15, -0.1) is 6.42 Å². The van der Waals surface area contributed by atoms with Gasteiger partial charge in [-0.05, 0) is 39.7 Å². The number of pyridine rings is 1. The molecule has 8 heteroatoms. The summed E-state index contributed by atoms with van der Waals surface area (Å²) in [5.41, 5.74) is -0.348. The minimum atomic E-state index is -0.627. The number of ether oxygens (including phenoxy) is 1. The lowest BCUT2D eigenvalue weighted by molar-refractivity contribution is 0.0188. The summed E-state index contributed by atoms with van der Waals surface area (Å²) >= 11 is 0. The summed E-state index contributed by atoms with van der Waals surface area (Å²) in [5.74, 6) is 2.49. The molecule has 0 radical (unpaired) electrons. The van der Waals surface area contributed by atoms with Crippen LogP contribution in [0.5, 0.6) is 0 Å². The van der Waals surface area contributed by atoms with E-state index in [2.05, 4.69) is 10.9 Å². The van der Waals surface area contributed by atoms with Gasteiger partial charge in [-0.1, -0.05) is 5.92 Å². The molecule has 2 aromatic heterocycles. The maximum atomic E-state index is 12.7. The fourth-order valence-corrected chi connectivity index (χ4v) is 3.38. The largest absolute Gasteiger partial charge is 0.444 e. The lowest BCUT2D eigenvalue weighted by Crippen LogP contribution is -2.46. The predicted octanol–water partition coefficient (Wildman–Crippen LogP) is 1.65. The standard InChI is InChI=1S/C20H24N4O4/c1-6-13-11-15-16(21-12-13)24(18(26)17(25)22(15)5)14-7-9-23(10-8-14)19(27)28-20(2,3)4/h1,11-12,14H,7-10H2,2-5H3. The van der Waals surface area contributed by atoms with Crippen molar-refractivity contribution in [1.82, 2.24) is 19.0 Å². The van der Waals surface area contributed by atoms with Crippen molar-refractivity contribution in [2.75, 3.05) is 13.1 Å². The smallest absolute Gasteiger partial charge is 0.410 e. The Morgan fingerprint density at radius 2 is 1.89 bits per heavy atom. The average Bonchev–Trinajstić information content (AvgIpc) is 2.65. The van der Waals surface area contributed by atoms with Crippen molar-refractivity contribution in [1.29, 1.82) is 0 Å². The van der Waals surface area contributed by atoms with E-state index in [1.165, 1.54) is 22.4 Å². The second kappa shape index (κ2) is 7.15. The first-order chi connectivity index (χ1) is 13.1. The van der Waals surface area contributed by atoms with Crippen LogP contribution in [-0.2, 0) is 11.8 Å². The zero-order chi connectivity index (χ0) is 20.6. The van der Waals surface area contributed by atoms with Crippen LogP contribution in [0.15, 0.2) is 21.9 Å². The molecular weight excluding hydrogens is 360 g/mol. The van der Waals surface area contributed by atoms with Gasteiger partial charge in [0.25, 0.3) is 0 Å². The van der Waals surface area contributed by atoms with Crippen LogP contribution in [0.4, 0.5) is 4.79 Å². The fourth-order valence-electron chi connectivity index (χ4n) is 3.38. The number of aryl methyl sites for hydroxylation is 1. The quantitative estimate of drug-likeness (QED) is 0.551. The van der Waals surface area contributed by atoms with E-state index < -0.39 is 16.7 Å². The number of aromatic nitrogens is 3. The fraction of sp³-hybridized carbons (Fsp3) is 0.500. The number of likely N-dealkylation sites (tertiary alicyclic amines) is 1. The monoisotopic (exact) mass is 384 g/mol. The number of hydrogen-bond donors (Lipinski definition) is 0. The highest BCUT2D eigenvalue weighted by atomic mass is 16.6. The van der Waals surface area contributed by atoms with E-state index in [0.717, 1.165) is 0 Å². The Labute approximate surface area is 162 Å². The van der Waals surface area contributed by atoms with Crippen molar-refractivity contribution in [3.8, 4) is 12.3 Å². The molecular formula is C20H24N4O4. The van der Waals surface area contributed by atoms with E-state index in [0.29, 0.717) is 42.7 Å². The SMILES string of the molecule is C#Cc1cnc2c(c1)n(C)c(=O)c(=O)n2C1CCN(C(=O)OC(C)(C)C)CC1. The lowest BCUT2D eigenvalue weighted by atomic mass is 10.0. The van der Waals surface area contributed by atoms with E-state index in [4.69, 9.17) is 11.2 Å². The summed E-state index contributed by atoms with van der Waals surface area (Å²) in [4.78, 5) is 43.4. The van der Waals surface area contributed by atoms with Crippen molar-refractivity contribution in [2.45, 2.75) is 45.3 Å². The zero-order valence-electron chi connectivity index (χ0n) is 16.6. The molecule has 3 rings (SSSR count). The van der Waals surface area contributed by atoms with Crippen molar-refractivity contribution in [3.05, 3.63) is 38.5 Å². The van der Waals surface area contributed by atoms with Crippen molar-refractivity contribution < 1.29 is 9.53 Å². The summed E-state index contributed by atoms with van der Waals surface area (Å²) in [6.07, 6.45) is 7.63. The van der Waals surface area contributed by atoms with E-state index in [-0.39, 0.29) is 12.1 Å². The molecule has 1 fully saturated rings. The number of carbonyl (C=O) groups is 1. The molecule has 2 aromatic rings. The molecule has 1 saturated heterocycles. The first-order valence-electron chi connectivity index (χ1n) is 9.18. The third-order valence-electron chi connectivity index (χ3n) is 4.79. The van der Waals surface area contributed by atoms with Crippen molar-refractivity contribution in [2.24, 2.45) is 7.05 Å². The Morgan fingerprint density at radius 1 is 1.25 bits per heavy atom. The molecule has 28 heavy (non-hydrogen) atoms. The van der Waals surface area contributed by atoms with Gasteiger partial charge >= 0.3 is 17.2 Å². The molecule has 0 N–H and O–H groups in total. The third kappa shape index (κ3) is 3.65. The van der Waals surface area contributed by atoms with Gasteiger partial charge < -0.3 is 14.2 Å². The maximum absolute atomic E-state index is 12.7. The van der Waals surface area contributed by atoms with E-state index in [1.807, 2.05) is 20.8 Å². The summed E-state index contributed by atoms with van der Waals surface area (Å²) in [5, 5.41) is 0. The summed E-state index contributed by atoms with van der Waals surface area (Å²) in [6.45, 7) is 6.33. The van der Waals surface area contributed by atoms with Crippen molar-refractivity contribution in [3.63, 3.8) is 0 Å². The molecule has 1 aliphatic rings. The molecule has 0 atom stereocenters. The van der Waals surface area contributed by atoms with Gasteiger partial charge in [0.2, 0.25) is 0 Å². The van der Waals surface area contributed by atoms with Gasteiger partial charge in [0.1, 0.15) is 5.60 Å². The van der Waals surface area contributed by atoms with Crippen LogP contribution in [0.1, 0.15) is 45.2 Å². The van der Waals surface area contributed by atoms with E-state index >= 15 is 0 Å². The second-order valence-electron chi connectivity index (χ2n) is 7.95. The van der Waals surface area contributed by atoms with Crippen LogP contribution < -0.4 is 11.1 Å². The normalized spacial score (nSPS) is 15.5. The molecule has 8 nitrogen and oxygen atoms in total. The first-order valence-corrected chi connectivity index (χ1v) is 9.18.